The second-order valence-corrected chi connectivity index (χ2v) is 6.71. The maximum Gasteiger partial charge on any atom is 0.276 e. The van der Waals surface area contributed by atoms with Gasteiger partial charge in [-0.15, -0.1) is 0 Å². The third kappa shape index (κ3) is 7.07. The fourth-order valence-electron chi connectivity index (χ4n) is 2.33. The number of carbonyl (C=O) groups excluding carboxylic acids is 2. The van der Waals surface area contributed by atoms with Crippen LogP contribution in [0.5, 0.6) is 5.75 Å². The Bertz CT molecular complexity index is 794. The van der Waals surface area contributed by atoms with Crippen molar-refractivity contribution in [3.05, 3.63) is 54.6 Å². The molecule has 6 nitrogen and oxygen atoms in total. The van der Waals surface area contributed by atoms with Gasteiger partial charge in [-0.2, -0.15) is 0 Å². The topological polar surface area (TPSA) is 79.5 Å². The Labute approximate surface area is 164 Å². The Kier molecular flexibility index (Phi) is 7.76. The average molecular weight is 385 g/mol. The number of hydrogen-bond acceptors (Lipinski definition) is 4. The second kappa shape index (κ2) is 10.3. The first-order valence-electron chi connectivity index (χ1n) is 8.61. The highest BCUT2D eigenvalue weighted by Gasteiger charge is 2.10. The summed E-state index contributed by atoms with van der Waals surface area (Å²) in [6.07, 6.45) is 0.356. The summed E-state index contributed by atoms with van der Waals surface area (Å²) in [5, 5.41) is 2.54. The normalized spacial score (nSPS) is 10.2. The molecule has 0 saturated carbocycles. The van der Waals surface area contributed by atoms with Gasteiger partial charge in [-0.1, -0.05) is 62.4 Å². The SMILES string of the molecule is CC(C)CC(=O)NC(=S)NNC(=O)COc1ccccc1-c1ccccc1. The highest BCUT2D eigenvalue weighted by Crippen LogP contribution is 2.29. The monoisotopic (exact) mass is 385 g/mol. The molecule has 2 aromatic carbocycles. The lowest BCUT2D eigenvalue weighted by Gasteiger charge is -2.13. The van der Waals surface area contributed by atoms with Crippen LogP contribution >= 0.6 is 12.2 Å². The van der Waals surface area contributed by atoms with Crippen LogP contribution < -0.4 is 20.9 Å². The molecule has 0 atom stereocenters. The largest absolute Gasteiger partial charge is 0.483 e. The first kappa shape index (κ1) is 20.4. The molecule has 2 amide bonds. The predicted molar refractivity (Wildman–Crippen MR) is 109 cm³/mol. The summed E-state index contributed by atoms with van der Waals surface area (Å²) >= 11 is 4.97. The highest BCUT2D eigenvalue weighted by molar-refractivity contribution is 7.80. The van der Waals surface area contributed by atoms with Crippen molar-refractivity contribution in [1.29, 1.82) is 0 Å². The molecule has 0 spiro atoms. The van der Waals surface area contributed by atoms with Crippen molar-refractivity contribution in [2.45, 2.75) is 20.3 Å². The highest BCUT2D eigenvalue weighted by atomic mass is 32.1. The molecule has 0 radical (unpaired) electrons. The van der Waals surface area contributed by atoms with E-state index in [4.69, 9.17) is 17.0 Å². The molecule has 0 fully saturated rings. The van der Waals surface area contributed by atoms with E-state index in [1.165, 1.54) is 0 Å². The zero-order valence-corrected chi connectivity index (χ0v) is 16.1. The third-order valence-electron chi connectivity index (χ3n) is 3.49. The van der Waals surface area contributed by atoms with Crippen LogP contribution in [0.4, 0.5) is 0 Å². The number of hydrazine groups is 1. The molecule has 0 aliphatic rings. The van der Waals surface area contributed by atoms with Gasteiger partial charge in [-0.05, 0) is 29.8 Å². The van der Waals surface area contributed by atoms with Crippen LogP contribution in [-0.4, -0.2) is 23.5 Å². The lowest BCUT2D eigenvalue weighted by atomic mass is 10.1. The standard InChI is InChI=1S/C20H23N3O3S/c1-14(2)12-18(24)21-20(27)23-22-19(25)13-26-17-11-7-6-10-16(17)15-8-4-3-5-9-15/h3-11,14H,12-13H2,1-2H3,(H,22,25)(H2,21,23,24,27). The summed E-state index contributed by atoms with van der Waals surface area (Å²) in [7, 11) is 0. The summed E-state index contributed by atoms with van der Waals surface area (Å²) in [5.74, 6) is 0.204. The maximum atomic E-state index is 12.0. The number of amides is 2. The van der Waals surface area contributed by atoms with Crippen molar-refractivity contribution >= 4 is 29.1 Å². The Morgan fingerprint density at radius 1 is 0.963 bits per heavy atom. The van der Waals surface area contributed by atoms with Gasteiger partial charge in [-0.3, -0.25) is 20.4 Å². The summed E-state index contributed by atoms with van der Waals surface area (Å²) < 4.78 is 5.64. The Morgan fingerprint density at radius 2 is 1.63 bits per heavy atom. The number of benzene rings is 2. The number of carbonyl (C=O) groups is 2. The molecule has 27 heavy (non-hydrogen) atoms. The summed E-state index contributed by atoms with van der Waals surface area (Å²) in [6, 6.07) is 17.3. The van der Waals surface area contributed by atoms with E-state index in [1.807, 2.05) is 62.4 Å². The fraction of sp³-hybridized carbons (Fsp3) is 0.250. The van der Waals surface area contributed by atoms with E-state index in [9.17, 15) is 9.59 Å². The van der Waals surface area contributed by atoms with Crippen LogP contribution in [0.15, 0.2) is 54.6 Å². The van der Waals surface area contributed by atoms with Gasteiger partial charge in [-0.25, -0.2) is 0 Å². The summed E-state index contributed by atoms with van der Waals surface area (Å²) in [6.45, 7) is 3.67. The van der Waals surface area contributed by atoms with E-state index < -0.39 is 5.91 Å². The van der Waals surface area contributed by atoms with Crippen molar-refractivity contribution < 1.29 is 14.3 Å². The zero-order valence-electron chi connectivity index (χ0n) is 15.3. The molecule has 0 aliphatic heterocycles. The molecule has 0 aromatic heterocycles. The van der Waals surface area contributed by atoms with Crippen LogP contribution in [0, 0.1) is 5.92 Å². The minimum Gasteiger partial charge on any atom is -0.483 e. The molecule has 0 heterocycles. The van der Waals surface area contributed by atoms with Crippen molar-refractivity contribution in [3.63, 3.8) is 0 Å². The molecule has 3 N–H and O–H groups in total. The van der Waals surface area contributed by atoms with Gasteiger partial charge >= 0.3 is 0 Å². The van der Waals surface area contributed by atoms with E-state index in [0.29, 0.717) is 12.2 Å². The number of para-hydroxylation sites is 1. The maximum absolute atomic E-state index is 12.0. The van der Waals surface area contributed by atoms with Gasteiger partial charge in [0.15, 0.2) is 11.7 Å². The first-order valence-corrected chi connectivity index (χ1v) is 9.02. The molecule has 2 aromatic rings. The van der Waals surface area contributed by atoms with E-state index in [-0.39, 0.29) is 23.5 Å². The number of rotatable bonds is 6. The van der Waals surface area contributed by atoms with Crippen molar-refractivity contribution in [3.8, 4) is 16.9 Å². The molecular weight excluding hydrogens is 362 g/mol. The van der Waals surface area contributed by atoms with Gasteiger partial charge in [0.05, 0.1) is 0 Å². The van der Waals surface area contributed by atoms with Crippen LogP contribution in [0.1, 0.15) is 20.3 Å². The van der Waals surface area contributed by atoms with Crippen LogP contribution in [0.3, 0.4) is 0 Å². The van der Waals surface area contributed by atoms with Gasteiger partial charge < -0.3 is 10.1 Å². The van der Waals surface area contributed by atoms with Gasteiger partial charge in [0.25, 0.3) is 5.91 Å². The van der Waals surface area contributed by atoms with Crippen LogP contribution in [0.25, 0.3) is 11.1 Å². The van der Waals surface area contributed by atoms with E-state index in [1.54, 1.807) is 6.07 Å². The Hall–Kier alpha value is -2.93. The van der Waals surface area contributed by atoms with Gasteiger partial charge in [0.1, 0.15) is 5.75 Å². The molecule has 0 unspecified atom stereocenters. The van der Waals surface area contributed by atoms with E-state index in [0.717, 1.165) is 11.1 Å². The molecule has 0 aliphatic carbocycles. The van der Waals surface area contributed by atoms with Gasteiger partial charge in [0, 0.05) is 12.0 Å². The quantitative estimate of drug-likeness (QED) is 0.526. The lowest BCUT2D eigenvalue weighted by molar-refractivity contribution is -0.124. The first-order chi connectivity index (χ1) is 13.0. The average Bonchev–Trinajstić information content (AvgIpc) is 2.65. The molecule has 7 heteroatoms. The second-order valence-electron chi connectivity index (χ2n) is 6.30. The summed E-state index contributed by atoms with van der Waals surface area (Å²) in [5.41, 5.74) is 6.79. The van der Waals surface area contributed by atoms with Crippen LogP contribution in [-0.2, 0) is 9.59 Å². The molecule has 0 bridgehead atoms. The number of thiocarbonyl (C=S) groups is 1. The van der Waals surface area contributed by atoms with Crippen LogP contribution in [0.2, 0.25) is 0 Å². The van der Waals surface area contributed by atoms with Crippen molar-refractivity contribution in [1.82, 2.24) is 16.2 Å². The minimum absolute atomic E-state index is 0.0404. The fourth-order valence-corrected chi connectivity index (χ4v) is 2.50. The number of ether oxygens (including phenoxy) is 1. The number of hydrogen-bond donors (Lipinski definition) is 3. The van der Waals surface area contributed by atoms with Crippen molar-refractivity contribution in [2.75, 3.05) is 6.61 Å². The van der Waals surface area contributed by atoms with Crippen molar-refractivity contribution in [2.24, 2.45) is 5.92 Å². The van der Waals surface area contributed by atoms with E-state index >= 15 is 0 Å². The smallest absolute Gasteiger partial charge is 0.276 e. The molecular formula is C20H23N3O3S. The van der Waals surface area contributed by atoms with Gasteiger partial charge in [0.2, 0.25) is 5.91 Å². The zero-order chi connectivity index (χ0) is 19.6. The molecule has 142 valence electrons. The number of nitrogens with one attached hydrogen (secondary N) is 3. The summed E-state index contributed by atoms with van der Waals surface area (Å²) in [4.78, 5) is 23.6. The lowest BCUT2D eigenvalue weighted by Crippen LogP contribution is -2.49. The molecule has 0 saturated heterocycles. The minimum atomic E-state index is -0.418. The predicted octanol–water partition coefficient (Wildman–Crippen LogP) is 2.80. The Balaban J connectivity index is 1.83. The van der Waals surface area contributed by atoms with E-state index in [2.05, 4.69) is 16.2 Å². The Morgan fingerprint density at radius 3 is 2.33 bits per heavy atom. The molecule has 2 rings (SSSR count). The third-order valence-corrected chi connectivity index (χ3v) is 3.70.